The molecule has 2 aromatic carbocycles. The third kappa shape index (κ3) is 3.19. The lowest BCUT2D eigenvalue weighted by molar-refractivity contribution is 0.102. The SMILES string of the molecule is O=C(Nc1cc(Br)ccc1F)c1cccc(F)c1Br. The second-order valence-electron chi connectivity index (χ2n) is 3.68. The van der Waals surface area contributed by atoms with E-state index in [4.69, 9.17) is 0 Å². The van der Waals surface area contributed by atoms with Crippen molar-refractivity contribution in [2.24, 2.45) is 0 Å². The van der Waals surface area contributed by atoms with E-state index in [9.17, 15) is 13.6 Å². The van der Waals surface area contributed by atoms with Crippen molar-refractivity contribution in [1.29, 1.82) is 0 Å². The Labute approximate surface area is 125 Å². The summed E-state index contributed by atoms with van der Waals surface area (Å²) in [5, 5.41) is 2.39. The van der Waals surface area contributed by atoms with Crippen LogP contribution in [0.15, 0.2) is 45.3 Å². The molecule has 0 radical (unpaired) electrons. The van der Waals surface area contributed by atoms with Crippen LogP contribution in [0.25, 0.3) is 0 Å². The molecule has 0 aliphatic heterocycles. The maximum atomic E-state index is 13.5. The van der Waals surface area contributed by atoms with Gasteiger partial charge in [0.05, 0.1) is 15.7 Å². The van der Waals surface area contributed by atoms with Gasteiger partial charge in [0, 0.05) is 4.47 Å². The Morgan fingerprint density at radius 2 is 1.79 bits per heavy atom. The second kappa shape index (κ2) is 5.79. The number of rotatable bonds is 2. The fourth-order valence-corrected chi connectivity index (χ4v) is 2.27. The number of carbonyl (C=O) groups is 1. The van der Waals surface area contributed by atoms with E-state index in [0.29, 0.717) is 4.47 Å². The number of carbonyl (C=O) groups excluding carboxylic acids is 1. The summed E-state index contributed by atoms with van der Waals surface area (Å²) in [6.07, 6.45) is 0. The third-order valence-electron chi connectivity index (χ3n) is 2.37. The van der Waals surface area contributed by atoms with E-state index in [1.165, 1.54) is 36.4 Å². The monoisotopic (exact) mass is 389 g/mol. The average Bonchev–Trinajstić information content (AvgIpc) is 2.37. The Bertz CT molecular complexity index is 647. The first-order valence-corrected chi connectivity index (χ1v) is 6.78. The molecule has 0 aliphatic rings. The summed E-state index contributed by atoms with van der Waals surface area (Å²) in [6.45, 7) is 0. The summed E-state index contributed by atoms with van der Waals surface area (Å²) in [5.74, 6) is -1.71. The Morgan fingerprint density at radius 3 is 2.53 bits per heavy atom. The first kappa shape index (κ1) is 14.1. The molecule has 0 saturated heterocycles. The van der Waals surface area contributed by atoms with Crippen molar-refractivity contribution in [3.63, 3.8) is 0 Å². The van der Waals surface area contributed by atoms with Gasteiger partial charge in [0.2, 0.25) is 0 Å². The number of nitrogens with one attached hydrogen (secondary N) is 1. The number of anilines is 1. The summed E-state index contributed by atoms with van der Waals surface area (Å²) in [6, 6.07) is 8.25. The van der Waals surface area contributed by atoms with E-state index in [-0.39, 0.29) is 15.7 Å². The van der Waals surface area contributed by atoms with E-state index in [1.54, 1.807) is 0 Å². The first-order valence-electron chi connectivity index (χ1n) is 5.19. The lowest BCUT2D eigenvalue weighted by Crippen LogP contribution is -2.14. The first-order chi connectivity index (χ1) is 8.99. The van der Waals surface area contributed by atoms with Crippen molar-refractivity contribution in [2.75, 3.05) is 5.32 Å². The number of amides is 1. The number of hydrogen-bond donors (Lipinski definition) is 1. The van der Waals surface area contributed by atoms with Gasteiger partial charge in [0.15, 0.2) is 0 Å². The molecule has 0 unspecified atom stereocenters. The van der Waals surface area contributed by atoms with Crippen molar-refractivity contribution < 1.29 is 13.6 Å². The molecule has 0 fully saturated rings. The topological polar surface area (TPSA) is 29.1 Å². The van der Waals surface area contributed by atoms with Gasteiger partial charge in [-0.05, 0) is 46.3 Å². The summed E-state index contributed by atoms with van der Waals surface area (Å²) in [4.78, 5) is 12.0. The number of hydrogen-bond acceptors (Lipinski definition) is 1. The molecule has 0 spiro atoms. The molecule has 2 aromatic rings. The van der Waals surface area contributed by atoms with Gasteiger partial charge < -0.3 is 5.32 Å². The van der Waals surface area contributed by atoms with Crippen molar-refractivity contribution in [1.82, 2.24) is 0 Å². The van der Waals surface area contributed by atoms with E-state index < -0.39 is 17.5 Å². The minimum Gasteiger partial charge on any atom is -0.319 e. The number of halogens is 4. The highest BCUT2D eigenvalue weighted by Gasteiger charge is 2.14. The van der Waals surface area contributed by atoms with Gasteiger partial charge in [0.1, 0.15) is 11.6 Å². The molecule has 2 rings (SSSR count). The minimum absolute atomic E-state index is 0.0236. The highest BCUT2D eigenvalue weighted by molar-refractivity contribution is 9.10. The van der Waals surface area contributed by atoms with E-state index in [2.05, 4.69) is 37.2 Å². The lowest BCUT2D eigenvalue weighted by Gasteiger charge is -2.08. The van der Waals surface area contributed by atoms with Crippen molar-refractivity contribution >= 4 is 43.5 Å². The maximum Gasteiger partial charge on any atom is 0.256 e. The molecule has 0 aromatic heterocycles. The zero-order valence-corrected chi connectivity index (χ0v) is 12.6. The van der Waals surface area contributed by atoms with Crippen molar-refractivity contribution in [3.05, 3.63) is 62.5 Å². The number of benzene rings is 2. The Kier molecular flexibility index (Phi) is 4.31. The van der Waals surface area contributed by atoms with Gasteiger partial charge in [-0.15, -0.1) is 0 Å². The Hall–Kier alpha value is -1.27. The molecule has 1 N–H and O–H groups in total. The maximum absolute atomic E-state index is 13.5. The summed E-state index contributed by atoms with van der Waals surface area (Å²) in [5.41, 5.74) is 0.120. The normalized spacial score (nSPS) is 10.3. The van der Waals surface area contributed by atoms with Crippen molar-refractivity contribution in [3.8, 4) is 0 Å². The van der Waals surface area contributed by atoms with Gasteiger partial charge in [-0.25, -0.2) is 8.78 Å². The van der Waals surface area contributed by atoms with Gasteiger partial charge in [-0.3, -0.25) is 4.79 Å². The van der Waals surface area contributed by atoms with Crippen LogP contribution in [0.5, 0.6) is 0 Å². The summed E-state index contributed by atoms with van der Waals surface area (Å²) >= 11 is 6.17. The Balaban J connectivity index is 2.31. The highest BCUT2D eigenvalue weighted by Crippen LogP contribution is 2.24. The third-order valence-corrected chi connectivity index (χ3v) is 3.67. The lowest BCUT2D eigenvalue weighted by atomic mass is 10.2. The average molecular weight is 391 g/mol. The molecule has 0 saturated carbocycles. The molecule has 19 heavy (non-hydrogen) atoms. The molecule has 0 aliphatic carbocycles. The summed E-state index contributed by atoms with van der Waals surface area (Å²) in [7, 11) is 0. The zero-order valence-electron chi connectivity index (χ0n) is 9.38. The highest BCUT2D eigenvalue weighted by atomic mass is 79.9. The van der Waals surface area contributed by atoms with Crippen LogP contribution in [-0.2, 0) is 0 Å². The molecule has 6 heteroatoms. The zero-order chi connectivity index (χ0) is 14.0. The van der Waals surface area contributed by atoms with Crippen LogP contribution in [0, 0.1) is 11.6 Å². The fraction of sp³-hybridized carbons (Fsp3) is 0. The van der Waals surface area contributed by atoms with Gasteiger partial charge in [-0.2, -0.15) is 0 Å². The molecule has 2 nitrogen and oxygen atoms in total. The molecular weight excluding hydrogens is 384 g/mol. The smallest absolute Gasteiger partial charge is 0.256 e. The van der Waals surface area contributed by atoms with Crippen molar-refractivity contribution in [2.45, 2.75) is 0 Å². The second-order valence-corrected chi connectivity index (χ2v) is 5.39. The van der Waals surface area contributed by atoms with E-state index in [1.807, 2.05) is 0 Å². The van der Waals surface area contributed by atoms with Crippen LogP contribution >= 0.6 is 31.9 Å². The standard InChI is InChI=1S/C13H7Br2F2NO/c14-7-4-5-9(16)11(6-7)18-13(19)8-2-1-3-10(17)12(8)15/h1-6H,(H,18,19). The predicted molar refractivity (Wildman–Crippen MR) is 76.2 cm³/mol. The molecule has 0 bridgehead atoms. The van der Waals surface area contributed by atoms with Crippen LogP contribution in [0.2, 0.25) is 0 Å². The van der Waals surface area contributed by atoms with Gasteiger partial charge in [-0.1, -0.05) is 22.0 Å². The summed E-state index contributed by atoms with van der Waals surface area (Å²) < 4.78 is 27.5. The molecule has 0 heterocycles. The molecule has 1 amide bonds. The fourth-order valence-electron chi connectivity index (χ4n) is 1.46. The molecule has 98 valence electrons. The molecular formula is C13H7Br2F2NO. The van der Waals surface area contributed by atoms with Crippen LogP contribution in [0.1, 0.15) is 10.4 Å². The van der Waals surface area contributed by atoms with Gasteiger partial charge >= 0.3 is 0 Å². The quantitative estimate of drug-likeness (QED) is 0.788. The van der Waals surface area contributed by atoms with Crippen LogP contribution in [0.4, 0.5) is 14.5 Å². The molecule has 0 atom stereocenters. The largest absolute Gasteiger partial charge is 0.319 e. The minimum atomic E-state index is -0.594. The van der Waals surface area contributed by atoms with E-state index >= 15 is 0 Å². The van der Waals surface area contributed by atoms with Crippen LogP contribution in [0.3, 0.4) is 0 Å². The van der Waals surface area contributed by atoms with Gasteiger partial charge in [0.25, 0.3) is 5.91 Å². The predicted octanol–water partition coefficient (Wildman–Crippen LogP) is 4.74. The van der Waals surface area contributed by atoms with Crippen LogP contribution in [-0.4, -0.2) is 5.91 Å². The van der Waals surface area contributed by atoms with Crippen LogP contribution < -0.4 is 5.32 Å². The Morgan fingerprint density at radius 1 is 1.05 bits per heavy atom. The van der Waals surface area contributed by atoms with E-state index in [0.717, 1.165) is 0 Å².